The van der Waals surface area contributed by atoms with E-state index in [4.69, 9.17) is 21.6 Å². The second-order valence-corrected chi connectivity index (χ2v) is 4.95. The monoisotopic (exact) mass is 291 g/mol. The van der Waals surface area contributed by atoms with Gasteiger partial charge in [0.15, 0.2) is 0 Å². The number of methoxy groups -OCH3 is 1. The molecule has 20 heavy (non-hydrogen) atoms. The average Bonchev–Trinajstić information content (AvgIpc) is 2.84. The number of imidazole rings is 1. The number of hydrogen-bond donors (Lipinski definition) is 0. The van der Waals surface area contributed by atoms with Crippen LogP contribution >= 0.6 is 11.6 Å². The summed E-state index contributed by atoms with van der Waals surface area (Å²) in [5.74, 6) is 1.25. The molecule has 0 N–H and O–H groups in total. The molecule has 2 aromatic rings. The fourth-order valence-corrected chi connectivity index (χ4v) is 2.49. The summed E-state index contributed by atoms with van der Waals surface area (Å²) in [6.07, 6.45) is 3.21. The summed E-state index contributed by atoms with van der Waals surface area (Å²) in [6, 6.07) is 7.72. The summed E-state index contributed by atoms with van der Waals surface area (Å²) < 4.78 is 7.17. The van der Waals surface area contributed by atoms with E-state index in [1.807, 2.05) is 12.1 Å². The number of unbranched alkanes of at least 4 members (excludes halogenated alkanes) is 2. The van der Waals surface area contributed by atoms with E-state index in [1.165, 1.54) is 0 Å². The van der Waals surface area contributed by atoms with Gasteiger partial charge in [0.2, 0.25) is 0 Å². The number of hydrogen-bond acceptors (Lipinski definition) is 3. The minimum atomic E-state index is 0.384. The minimum absolute atomic E-state index is 0.384. The summed E-state index contributed by atoms with van der Waals surface area (Å²) in [6.45, 7) is 1.67. The molecule has 0 fully saturated rings. The fourth-order valence-electron chi connectivity index (χ4n) is 2.29. The molecule has 0 saturated carbocycles. The van der Waals surface area contributed by atoms with Crippen molar-refractivity contribution >= 4 is 22.6 Å². The van der Waals surface area contributed by atoms with Crippen molar-refractivity contribution in [3.63, 3.8) is 0 Å². The van der Waals surface area contributed by atoms with Gasteiger partial charge in [0.25, 0.3) is 0 Å². The third-order valence-corrected chi connectivity index (χ3v) is 3.55. The maximum Gasteiger partial charge on any atom is 0.124 e. The molecule has 1 aromatic carbocycles. The minimum Gasteiger partial charge on any atom is -0.385 e. The zero-order valence-corrected chi connectivity index (χ0v) is 12.4. The van der Waals surface area contributed by atoms with E-state index in [1.54, 1.807) is 13.2 Å². The second-order valence-electron chi connectivity index (χ2n) is 4.68. The van der Waals surface area contributed by atoms with Crippen molar-refractivity contribution in [3.8, 4) is 6.07 Å². The summed E-state index contributed by atoms with van der Waals surface area (Å²) in [4.78, 5) is 4.52. The first-order chi connectivity index (χ1) is 9.80. The Kier molecular flexibility index (Phi) is 5.40. The maximum absolute atomic E-state index is 9.01. The van der Waals surface area contributed by atoms with Crippen LogP contribution in [0.15, 0.2) is 18.2 Å². The van der Waals surface area contributed by atoms with E-state index in [0.717, 1.165) is 49.3 Å². The van der Waals surface area contributed by atoms with Gasteiger partial charge in [-0.1, -0.05) is 0 Å². The molecule has 106 valence electrons. The number of halogens is 1. The number of alkyl halides is 1. The zero-order valence-electron chi connectivity index (χ0n) is 11.6. The topological polar surface area (TPSA) is 50.8 Å². The summed E-state index contributed by atoms with van der Waals surface area (Å²) in [7, 11) is 1.72. The number of rotatable bonds is 7. The Hall–Kier alpha value is -1.57. The van der Waals surface area contributed by atoms with E-state index in [9.17, 15) is 0 Å². The predicted molar refractivity (Wildman–Crippen MR) is 79.7 cm³/mol. The third kappa shape index (κ3) is 3.30. The predicted octanol–water partition coefficient (Wildman–Crippen LogP) is 3.46. The lowest BCUT2D eigenvalue weighted by molar-refractivity contribution is 0.191. The van der Waals surface area contributed by atoms with Crippen LogP contribution < -0.4 is 0 Å². The van der Waals surface area contributed by atoms with Gasteiger partial charge in [-0.15, -0.1) is 11.6 Å². The first kappa shape index (κ1) is 14.8. The highest BCUT2D eigenvalue weighted by atomic mass is 35.5. The first-order valence-electron chi connectivity index (χ1n) is 6.74. The lowest BCUT2D eigenvalue weighted by Gasteiger charge is -2.07. The molecule has 0 radical (unpaired) electrons. The Morgan fingerprint density at radius 2 is 2.20 bits per heavy atom. The van der Waals surface area contributed by atoms with Gasteiger partial charge in [-0.05, 0) is 37.5 Å². The van der Waals surface area contributed by atoms with Gasteiger partial charge in [-0.25, -0.2) is 4.98 Å². The van der Waals surface area contributed by atoms with Crippen molar-refractivity contribution in [1.82, 2.24) is 9.55 Å². The van der Waals surface area contributed by atoms with Gasteiger partial charge >= 0.3 is 0 Å². The highest BCUT2D eigenvalue weighted by molar-refractivity contribution is 6.16. The van der Waals surface area contributed by atoms with Crippen LogP contribution in [-0.2, 0) is 17.2 Å². The standard InChI is InChI=1S/C15H18ClN3O/c1-20-8-4-2-3-7-19-14-9-12(11-17)5-6-13(14)18-15(19)10-16/h5-6,9H,2-4,7-8,10H2,1H3. The summed E-state index contributed by atoms with van der Waals surface area (Å²) in [5.41, 5.74) is 2.54. The van der Waals surface area contributed by atoms with Crippen LogP contribution in [0.1, 0.15) is 30.7 Å². The van der Waals surface area contributed by atoms with Gasteiger partial charge < -0.3 is 9.30 Å². The molecule has 0 bridgehead atoms. The maximum atomic E-state index is 9.01. The quantitative estimate of drug-likeness (QED) is 0.580. The lowest BCUT2D eigenvalue weighted by Crippen LogP contribution is -2.03. The van der Waals surface area contributed by atoms with Gasteiger partial charge in [-0.2, -0.15) is 5.26 Å². The van der Waals surface area contributed by atoms with Crippen LogP contribution in [0.5, 0.6) is 0 Å². The number of fused-ring (bicyclic) bond motifs is 1. The molecule has 0 aliphatic carbocycles. The van der Waals surface area contributed by atoms with Gasteiger partial charge in [0.05, 0.1) is 28.5 Å². The molecule has 1 aromatic heterocycles. The summed E-state index contributed by atoms with van der Waals surface area (Å²) in [5, 5.41) is 9.01. The van der Waals surface area contributed by atoms with Crippen molar-refractivity contribution in [3.05, 3.63) is 29.6 Å². The van der Waals surface area contributed by atoms with Gasteiger partial charge in [0.1, 0.15) is 5.82 Å². The fraction of sp³-hybridized carbons (Fsp3) is 0.467. The molecule has 2 rings (SSSR count). The SMILES string of the molecule is COCCCCCn1c(CCl)nc2ccc(C#N)cc21. The molecule has 0 spiro atoms. The van der Waals surface area contributed by atoms with Crippen molar-refractivity contribution in [2.75, 3.05) is 13.7 Å². The number of aromatic nitrogens is 2. The Labute approximate surface area is 123 Å². The second kappa shape index (κ2) is 7.28. The van der Waals surface area contributed by atoms with E-state index in [2.05, 4.69) is 15.6 Å². The van der Waals surface area contributed by atoms with Gasteiger partial charge in [0, 0.05) is 20.3 Å². The molecular formula is C15H18ClN3O. The number of nitriles is 1. The highest BCUT2D eigenvalue weighted by Gasteiger charge is 2.10. The Morgan fingerprint density at radius 3 is 2.90 bits per heavy atom. The van der Waals surface area contributed by atoms with Crippen LogP contribution in [0.4, 0.5) is 0 Å². The molecule has 5 heteroatoms. The molecular weight excluding hydrogens is 274 g/mol. The van der Waals surface area contributed by atoms with Crippen LogP contribution in [0.25, 0.3) is 11.0 Å². The van der Waals surface area contributed by atoms with E-state index >= 15 is 0 Å². The zero-order chi connectivity index (χ0) is 14.4. The lowest BCUT2D eigenvalue weighted by atomic mass is 10.2. The molecule has 1 heterocycles. The third-order valence-electron chi connectivity index (χ3n) is 3.31. The average molecular weight is 292 g/mol. The molecule has 0 saturated heterocycles. The van der Waals surface area contributed by atoms with E-state index < -0.39 is 0 Å². The first-order valence-corrected chi connectivity index (χ1v) is 7.27. The molecule has 0 aliphatic rings. The Bertz CT molecular complexity index is 615. The normalized spacial score (nSPS) is 10.8. The molecule has 0 unspecified atom stereocenters. The van der Waals surface area contributed by atoms with Crippen LogP contribution in [0.3, 0.4) is 0 Å². The van der Waals surface area contributed by atoms with Crippen LogP contribution in [0.2, 0.25) is 0 Å². The van der Waals surface area contributed by atoms with Crippen LogP contribution in [-0.4, -0.2) is 23.3 Å². The van der Waals surface area contributed by atoms with Crippen molar-refractivity contribution in [1.29, 1.82) is 5.26 Å². The molecule has 0 aliphatic heterocycles. The van der Waals surface area contributed by atoms with E-state index in [0.29, 0.717) is 11.4 Å². The molecule has 0 atom stereocenters. The number of ether oxygens (including phenoxy) is 1. The summed E-state index contributed by atoms with van der Waals surface area (Å²) >= 11 is 5.97. The molecule has 4 nitrogen and oxygen atoms in total. The van der Waals surface area contributed by atoms with Crippen molar-refractivity contribution in [2.45, 2.75) is 31.7 Å². The smallest absolute Gasteiger partial charge is 0.124 e. The molecule has 0 amide bonds. The van der Waals surface area contributed by atoms with Crippen LogP contribution in [0, 0.1) is 11.3 Å². The number of benzene rings is 1. The number of aryl methyl sites for hydroxylation is 1. The number of nitrogens with zero attached hydrogens (tertiary/aromatic N) is 3. The van der Waals surface area contributed by atoms with Gasteiger partial charge in [-0.3, -0.25) is 0 Å². The van der Waals surface area contributed by atoms with Crippen molar-refractivity contribution < 1.29 is 4.74 Å². The van der Waals surface area contributed by atoms with E-state index in [-0.39, 0.29) is 0 Å². The Balaban J connectivity index is 2.18. The largest absolute Gasteiger partial charge is 0.385 e. The van der Waals surface area contributed by atoms with Crippen molar-refractivity contribution in [2.24, 2.45) is 0 Å². The Morgan fingerprint density at radius 1 is 1.35 bits per heavy atom. The highest BCUT2D eigenvalue weighted by Crippen LogP contribution is 2.20.